The quantitative estimate of drug-likeness (QED) is 0.721. The monoisotopic (exact) mass is 209 g/mol. The van der Waals surface area contributed by atoms with E-state index in [1.807, 2.05) is 0 Å². The van der Waals surface area contributed by atoms with Gasteiger partial charge in [-0.25, -0.2) is 0 Å². The molecule has 0 aliphatic carbocycles. The topological polar surface area (TPSA) is 32.3 Å². The summed E-state index contributed by atoms with van der Waals surface area (Å²) in [4.78, 5) is 12.4. The van der Waals surface area contributed by atoms with E-state index in [9.17, 15) is 18.0 Å². The van der Waals surface area contributed by atoms with Gasteiger partial charge in [0.1, 0.15) is 0 Å². The van der Waals surface area contributed by atoms with E-state index < -0.39 is 18.0 Å². The van der Waals surface area contributed by atoms with Crippen LogP contribution < -0.4 is 5.32 Å². The maximum Gasteiger partial charge on any atom is 0.451 e. The highest BCUT2D eigenvalue weighted by Gasteiger charge is 2.45. The molecule has 1 radical (unpaired) electrons. The van der Waals surface area contributed by atoms with Crippen molar-refractivity contribution in [2.45, 2.75) is 19.1 Å². The fourth-order valence-electron chi connectivity index (χ4n) is 1.46. The van der Waals surface area contributed by atoms with Gasteiger partial charge in [0.25, 0.3) is 5.78 Å². The molecule has 1 saturated heterocycles. The minimum absolute atomic E-state index is 0.0582. The largest absolute Gasteiger partial charge is 0.451 e. The van der Waals surface area contributed by atoms with Gasteiger partial charge in [-0.05, 0) is 6.92 Å². The summed E-state index contributed by atoms with van der Waals surface area (Å²) in [6.45, 7) is 4.24. The average molecular weight is 209 g/mol. The van der Waals surface area contributed by atoms with E-state index in [2.05, 4.69) is 5.32 Å². The Balaban J connectivity index is 2.69. The molecular weight excluding hydrogens is 197 g/mol. The summed E-state index contributed by atoms with van der Waals surface area (Å²) < 4.78 is 36.4. The van der Waals surface area contributed by atoms with Gasteiger partial charge in [0, 0.05) is 26.2 Å². The molecule has 6 heteroatoms. The molecule has 1 fully saturated rings. The van der Waals surface area contributed by atoms with E-state index in [0.29, 0.717) is 13.1 Å². The number of hydrogen-bond donors (Lipinski definition) is 1. The molecule has 0 aromatic rings. The first-order chi connectivity index (χ1) is 6.46. The molecule has 0 aromatic heterocycles. The van der Waals surface area contributed by atoms with Crippen LogP contribution in [0.15, 0.2) is 0 Å². The van der Waals surface area contributed by atoms with E-state index in [1.165, 1.54) is 11.4 Å². The molecule has 0 saturated carbocycles. The van der Waals surface area contributed by atoms with Crippen LogP contribution in [0.25, 0.3) is 0 Å². The molecule has 1 aliphatic rings. The SMILES string of the molecule is C[CH]N1CCNCC1C(=O)C(F)(F)F. The molecule has 1 aliphatic heterocycles. The molecule has 81 valence electrons. The number of piperazine rings is 1. The van der Waals surface area contributed by atoms with Crippen LogP contribution in [0.2, 0.25) is 0 Å². The van der Waals surface area contributed by atoms with Crippen LogP contribution in [0, 0.1) is 6.54 Å². The molecule has 1 N–H and O–H groups in total. The Morgan fingerprint density at radius 1 is 1.57 bits per heavy atom. The van der Waals surface area contributed by atoms with Crippen molar-refractivity contribution in [2.24, 2.45) is 0 Å². The Hall–Kier alpha value is -0.620. The third-order valence-electron chi connectivity index (χ3n) is 2.20. The van der Waals surface area contributed by atoms with Crippen LogP contribution in [-0.4, -0.2) is 42.5 Å². The number of Topliss-reactive ketones (excluding diaryl/α,β-unsaturated/α-hetero) is 1. The standard InChI is InChI=1S/C8H12F3N2O/c1-2-13-4-3-12-5-6(13)7(14)8(9,10)11/h2,6,12H,3-5H2,1H3. The lowest BCUT2D eigenvalue weighted by Gasteiger charge is -2.34. The summed E-state index contributed by atoms with van der Waals surface area (Å²) in [6.07, 6.45) is -4.75. The van der Waals surface area contributed by atoms with Crippen molar-refractivity contribution in [3.63, 3.8) is 0 Å². The highest BCUT2D eigenvalue weighted by Crippen LogP contribution is 2.21. The molecule has 3 nitrogen and oxygen atoms in total. The third kappa shape index (κ3) is 2.45. The van der Waals surface area contributed by atoms with E-state index in [1.54, 1.807) is 6.92 Å². The zero-order valence-corrected chi connectivity index (χ0v) is 7.77. The van der Waals surface area contributed by atoms with Crippen molar-refractivity contribution in [3.05, 3.63) is 6.54 Å². The second-order valence-corrected chi connectivity index (χ2v) is 3.08. The fourth-order valence-corrected chi connectivity index (χ4v) is 1.46. The van der Waals surface area contributed by atoms with E-state index in [0.717, 1.165) is 0 Å². The van der Waals surface area contributed by atoms with Crippen molar-refractivity contribution in [3.8, 4) is 0 Å². The van der Waals surface area contributed by atoms with E-state index >= 15 is 0 Å². The maximum absolute atomic E-state index is 12.1. The first-order valence-corrected chi connectivity index (χ1v) is 4.34. The lowest BCUT2D eigenvalue weighted by molar-refractivity contribution is -0.176. The number of hydrogen-bond acceptors (Lipinski definition) is 3. The highest BCUT2D eigenvalue weighted by atomic mass is 19.4. The number of carbonyl (C=O) groups excluding carboxylic acids is 1. The second kappa shape index (κ2) is 4.27. The minimum atomic E-state index is -4.75. The summed E-state index contributed by atoms with van der Waals surface area (Å²) in [5.41, 5.74) is 0. The number of rotatable bonds is 2. The van der Waals surface area contributed by atoms with E-state index in [4.69, 9.17) is 0 Å². The number of nitrogens with one attached hydrogen (secondary N) is 1. The maximum atomic E-state index is 12.1. The van der Waals surface area contributed by atoms with Gasteiger partial charge in [0.15, 0.2) is 0 Å². The number of ketones is 1. The minimum Gasteiger partial charge on any atom is -0.313 e. The van der Waals surface area contributed by atoms with Crippen LogP contribution in [0.1, 0.15) is 6.92 Å². The first-order valence-electron chi connectivity index (χ1n) is 4.34. The number of nitrogens with zero attached hydrogens (tertiary/aromatic N) is 1. The fraction of sp³-hybridized carbons (Fsp3) is 0.750. The van der Waals surface area contributed by atoms with Gasteiger partial charge in [-0.15, -0.1) is 0 Å². The van der Waals surface area contributed by atoms with Crippen LogP contribution in [0.3, 0.4) is 0 Å². The zero-order valence-electron chi connectivity index (χ0n) is 7.77. The lowest BCUT2D eigenvalue weighted by Crippen LogP contribution is -2.56. The second-order valence-electron chi connectivity index (χ2n) is 3.08. The van der Waals surface area contributed by atoms with Crippen molar-refractivity contribution < 1.29 is 18.0 Å². The van der Waals surface area contributed by atoms with Crippen molar-refractivity contribution in [1.29, 1.82) is 0 Å². The molecule has 1 heterocycles. The van der Waals surface area contributed by atoms with Gasteiger partial charge in [-0.1, -0.05) is 0 Å². The zero-order chi connectivity index (χ0) is 10.8. The summed E-state index contributed by atoms with van der Waals surface area (Å²) in [6, 6.07) is -1.10. The van der Waals surface area contributed by atoms with Gasteiger partial charge >= 0.3 is 6.18 Å². The predicted octanol–water partition coefficient (Wildman–Crippen LogP) is 0.573. The Morgan fingerprint density at radius 2 is 2.21 bits per heavy atom. The molecule has 1 rings (SSSR count). The molecule has 0 bridgehead atoms. The van der Waals surface area contributed by atoms with E-state index in [-0.39, 0.29) is 6.54 Å². The normalized spacial score (nSPS) is 25.0. The van der Waals surface area contributed by atoms with Crippen molar-refractivity contribution in [2.75, 3.05) is 19.6 Å². The molecule has 0 amide bonds. The Bertz CT molecular complexity index is 217. The molecular formula is C8H12F3N2O. The van der Waals surface area contributed by atoms with Gasteiger partial charge in [-0.3, -0.25) is 9.69 Å². The van der Waals surface area contributed by atoms with Crippen LogP contribution >= 0.6 is 0 Å². The van der Waals surface area contributed by atoms with Crippen molar-refractivity contribution in [1.82, 2.24) is 10.2 Å². The van der Waals surface area contributed by atoms with Gasteiger partial charge in [0.05, 0.1) is 6.04 Å². The Morgan fingerprint density at radius 3 is 2.71 bits per heavy atom. The number of alkyl halides is 3. The Labute approximate surface area is 80.3 Å². The molecule has 1 atom stereocenters. The van der Waals surface area contributed by atoms with Crippen LogP contribution in [-0.2, 0) is 4.79 Å². The molecule has 0 aromatic carbocycles. The Kier molecular flexibility index (Phi) is 3.49. The summed E-state index contributed by atoms with van der Waals surface area (Å²) in [5, 5.41) is 2.77. The van der Waals surface area contributed by atoms with Gasteiger partial charge < -0.3 is 5.32 Å². The van der Waals surface area contributed by atoms with Crippen molar-refractivity contribution >= 4 is 5.78 Å². The van der Waals surface area contributed by atoms with Gasteiger partial charge in [0.2, 0.25) is 0 Å². The smallest absolute Gasteiger partial charge is 0.313 e. The summed E-state index contributed by atoms with van der Waals surface area (Å²) >= 11 is 0. The summed E-state index contributed by atoms with van der Waals surface area (Å²) in [7, 11) is 0. The molecule has 0 spiro atoms. The average Bonchev–Trinajstić information content (AvgIpc) is 2.15. The highest BCUT2D eigenvalue weighted by molar-refractivity contribution is 5.89. The molecule has 14 heavy (non-hydrogen) atoms. The lowest BCUT2D eigenvalue weighted by atomic mass is 10.1. The van der Waals surface area contributed by atoms with Gasteiger partial charge in [-0.2, -0.15) is 13.2 Å². The number of carbonyl (C=O) groups is 1. The predicted molar refractivity (Wildman–Crippen MR) is 44.4 cm³/mol. The summed E-state index contributed by atoms with van der Waals surface area (Å²) in [5.74, 6) is -1.68. The van der Waals surface area contributed by atoms with Crippen LogP contribution in [0.4, 0.5) is 13.2 Å². The number of halogens is 3. The third-order valence-corrected chi connectivity index (χ3v) is 2.20. The van der Waals surface area contributed by atoms with Crippen LogP contribution in [0.5, 0.6) is 0 Å². The molecule has 1 unspecified atom stereocenters. The first kappa shape index (κ1) is 11.5.